The molecule has 2 aromatic carbocycles. The third kappa shape index (κ3) is 3.82. The van der Waals surface area contributed by atoms with Gasteiger partial charge in [0.2, 0.25) is 5.91 Å². The largest absolute Gasteiger partial charge is 0.312 e. The predicted molar refractivity (Wildman–Crippen MR) is 115 cm³/mol. The number of fused-ring (bicyclic) bond motifs is 1. The van der Waals surface area contributed by atoms with Crippen molar-refractivity contribution in [3.63, 3.8) is 0 Å². The first-order valence-corrected chi connectivity index (χ1v) is 10.7. The second-order valence-corrected chi connectivity index (χ2v) is 8.50. The van der Waals surface area contributed by atoms with E-state index in [2.05, 4.69) is 11.0 Å². The number of hydrogen-bond donors (Lipinski definition) is 0. The highest BCUT2D eigenvalue weighted by atomic mass is 19.1. The molecule has 30 heavy (non-hydrogen) atoms. The first-order chi connectivity index (χ1) is 14.6. The van der Waals surface area contributed by atoms with Gasteiger partial charge in [-0.1, -0.05) is 18.2 Å². The highest BCUT2D eigenvalue weighted by molar-refractivity contribution is 6.01. The van der Waals surface area contributed by atoms with E-state index in [1.54, 1.807) is 0 Å². The predicted octanol–water partition coefficient (Wildman–Crippen LogP) is 4.10. The third-order valence-electron chi connectivity index (χ3n) is 6.37. The molecule has 1 fully saturated rings. The van der Waals surface area contributed by atoms with Gasteiger partial charge in [0.1, 0.15) is 5.82 Å². The maximum atomic E-state index is 13.1. The molecule has 0 radical (unpaired) electrons. The van der Waals surface area contributed by atoms with Crippen LogP contribution < -0.4 is 4.90 Å². The second-order valence-electron chi connectivity index (χ2n) is 8.50. The van der Waals surface area contributed by atoms with Gasteiger partial charge in [0, 0.05) is 36.8 Å². The van der Waals surface area contributed by atoms with Crippen molar-refractivity contribution in [1.82, 2.24) is 4.90 Å². The summed E-state index contributed by atoms with van der Waals surface area (Å²) >= 11 is 0. The Bertz CT molecular complexity index is 1020. The third-order valence-corrected chi connectivity index (χ3v) is 6.37. The number of ketones is 1. The van der Waals surface area contributed by atoms with Gasteiger partial charge in [-0.05, 0) is 72.7 Å². The number of Topliss-reactive ketones (excluding diaryl/α,β-unsaturated/α-hetero) is 1. The molecular weight excluding hydrogens is 379 g/mol. The summed E-state index contributed by atoms with van der Waals surface area (Å²) in [5.74, 6) is 0.342. The summed E-state index contributed by atoms with van der Waals surface area (Å²) in [5, 5.41) is 0. The number of halogens is 1. The number of carbonyl (C=O) groups excluding carboxylic acids is 2. The Kier molecular flexibility index (Phi) is 4.99. The Morgan fingerprint density at radius 1 is 1.00 bits per heavy atom. The second kappa shape index (κ2) is 7.80. The number of anilines is 1. The molecule has 0 atom stereocenters. The molecular formula is C25H25FN2O2. The van der Waals surface area contributed by atoms with Gasteiger partial charge < -0.3 is 4.90 Å². The van der Waals surface area contributed by atoms with E-state index in [9.17, 15) is 14.0 Å². The number of nitrogens with zero attached hydrogens (tertiary/aromatic N) is 2. The molecule has 4 nitrogen and oxygen atoms in total. The van der Waals surface area contributed by atoms with E-state index in [0.29, 0.717) is 13.1 Å². The first kappa shape index (κ1) is 19.2. The molecule has 1 aliphatic carbocycles. The minimum absolute atomic E-state index is 0.114. The van der Waals surface area contributed by atoms with Crippen LogP contribution in [0.15, 0.2) is 48.5 Å². The Balaban J connectivity index is 1.22. The molecule has 0 saturated heterocycles. The van der Waals surface area contributed by atoms with Crippen LogP contribution in [0.4, 0.5) is 10.1 Å². The van der Waals surface area contributed by atoms with Gasteiger partial charge in [0.15, 0.2) is 5.78 Å². The monoisotopic (exact) mass is 404 g/mol. The van der Waals surface area contributed by atoms with Gasteiger partial charge in [-0.25, -0.2) is 4.39 Å². The van der Waals surface area contributed by atoms with E-state index in [0.717, 1.165) is 61.2 Å². The molecule has 0 N–H and O–H groups in total. The molecule has 3 aliphatic rings. The molecule has 2 aromatic rings. The van der Waals surface area contributed by atoms with Crippen LogP contribution in [0.3, 0.4) is 0 Å². The number of hydrogen-bond acceptors (Lipinski definition) is 3. The van der Waals surface area contributed by atoms with Crippen molar-refractivity contribution < 1.29 is 14.0 Å². The zero-order valence-corrected chi connectivity index (χ0v) is 16.9. The molecule has 0 bridgehead atoms. The van der Waals surface area contributed by atoms with Crippen LogP contribution >= 0.6 is 0 Å². The van der Waals surface area contributed by atoms with Crippen LogP contribution in [0, 0.1) is 11.7 Å². The van der Waals surface area contributed by atoms with Gasteiger partial charge in [-0.15, -0.1) is 0 Å². The summed E-state index contributed by atoms with van der Waals surface area (Å²) < 4.78 is 13.1. The summed E-state index contributed by atoms with van der Waals surface area (Å²) in [4.78, 5) is 29.3. The summed E-state index contributed by atoms with van der Waals surface area (Å²) in [6.07, 6.45) is 5.82. The minimum Gasteiger partial charge on any atom is -0.312 e. The van der Waals surface area contributed by atoms with Crippen molar-refractivity contribution in [2.24, 2.45) is 5.92 Å². The first-order valence-electron chi connectivity index (χ1n) is 10.7. The molecule has 1 amide bonds. The van der Waals surface area contributed by atoms with Crippen molar-refractivity contribution in [3.8, 4) is 0 Å². The summed E-state index contributed by atoms with van der Waals surface area (Å²) in [6.45, 7) is 2.64. The molecule has 2 aliphatic heterocycles. The SMILES string of the molecule is O=C(CN1CC=C(c2ccc(F)cc2)CC1)c1ccc2c(c1)CCN2C(=O)C1CC1. The zero-order valence-electron chi connectivity index (χ0n) is 16.9. The lowest BCUT2D eigenvalue weighted by Crippen LogP contribution is -2.33. The Morgan fingerprint density at radius 2 is 1.80 bits per heavy atom. The van der Waals surface area contributed by atoms with Crippen molar-refractivity contribution in [1.29, 1.82) is 0 Å². The lowest BCUT2D eigenvalue weighted by Gasteiger charge is -2.26. The normalized spacial score (nSPS) is 18.8. The fourth-order valence-electron chi connectivity index (χ4n) is 4.43. The van der Waals surface area contributed by atoms with E-state index in [1.165, 1.54) is 17.7 Å². The highest BCUT2D eigenvalue weighted by Crippen LogP contribution is 2.36. The van der Waals surface area contributed by atoms with Crippen molar-refractivity contribution in [2.75, 3.05) is 31.1 Å². The Morgan fingerprint density at radius 3 is 2.50 bits per heavy atom. The van der Waals surface area contributed by atoms with Gasteiger partial charge >= 0.3 is 0 Å². The molecule has 1 saturated carbocycles. The standard InChI is InChI=1S/C25H25FN2O2/c26-22-6-3-17(4-7-22)18-9-12-27(13-10-18)16-24(29)21-5-8-23-20(15-21)11-14-28(23)25(30)19-1-2-19/h3-9,15,19H,1-2,10-14,16H2. The van der Waals surface area contributed by atoms with E-state index in [4.69, 9.17) is 0 Å². The van der Waals surface area contributed by atoms with Gasteiger partial charge in [0.05, 0.1) is 6.54 Å². The fourth-order valence-corrected chi connectivity index (χ4v) is 4.43. The zero-order chi connectivity index (χ0) is 20.7. The molecule has 0 aromatic heterocycles. The van der Waals surface area contributed by atoms with Crippen LogP contribution in [0.5, 0.6) is 0 Å². The smallest absolute Gasteiger partial charge is 0.230 e. The Hall–Kier alpha value is -2.79. The van der Waals surface area contributed by atoms with Crippen LogP contribution in [0.2, 0.25) is 0 Å². The lowest BCUT2D eigenvalue weighted by molar-refractivity contribution is -0.119. The van der Waals surface area contributed by atoms with Crippen LogP contribution in [-0.4, -0.2) is 42.8 Å². The number of benzene rings is 2. The molecule has 5 heteroatoms. The van der Waals surface area contributed by atoms with Gasteiger partial charge in [-0.2, -0.15) is 0 Å². The summed E-state index contributed by atoms with van der Waals surface area (Å²) in [7, 11) is 0. The Labute approximate surface area is 176 Å². The summed E-state index contributed by atoms with van der Waals surface area (Å²) in [5.41, 5.74) is 5.06. The van der Waals surface area contributed by atoms with Gasteiger partial charge in [-0.3, -0.25) is 14.5 Å². The van der Waals surface area contributed by atoms with E-state index >= 15 is 0 Å². The maximum absolute atomic E-state index is 13.1. The summed E-state index contributed by atoms with van der Waals surface area (Å²) in [6, 6.07) is 12.4. The van der Waals surface area contributed by atoms with Crippen molar-refractivity contribution >= 4 is 23.0 Å². The minimum atomic E-state index is -0.225. The molecule has 154 valence electrons. The molecule has 5 rings (SSSR count). The average molecular weight is 404 g/mol. The molecule has 0 unspecified atom stereocenters. The molecule has 2 heterocycles. The van der Waals surface area contributed by atoms with Crippen molar-refractivity contribution in [2.45, 2.75) is 25.7 Å². The van der Waals surface area contributed by atoms with Gasteiger partial charge in [0.25, 0.3) is 0 Å². The van der Waals surface area contributed by atoms with Crippen LogP contribution in [0.25, 0.3) is 5.57 Å². The van der Waals surface area contributed by atoms with E-state index in [-0.39, 0.29) is 23.4 Å². The highest BCUT2D eigenvalue weighted by Gasteiger charge is 2.36. The molecule has 0 spiro atoms. The number of carbonyl (C=O) groups is 2. The number of rotatable bonds is 5. The topological polar surface area (TPSA) is 40.6 Å². The van der Waals surface area contributed by atoms with Crippen LogP contribution in [-0.2, 0) is 11.2 Å². The quantitative estimate of drug-likeness (QED) is 0.705. The number of amides is 1. The fraction of sp³-hybridized carbons (Fsp3) is 0.360. The van der Waals surface area contributed by atoms with E-state index in [1.807, 2.05) is 35.2 Å². The lowest BCUT2D eigenvalue weighted by atomic mass is 9.99. The average Bonchev–Trinajstić information content (AvgIpc) is 3.53. The van der Waals surface area contributed by atoms with Crippen molar-refractivity contribution in [3.05, 3.63) is 71.0 Å². The van der Waals surface area contributed by atoms with Crippen LogP contribution in [0.1, 0.15) is 40.7 Å². The van der Waals surface area contributed by atoms with E-state index < -0.39 is 0 Å². The maximum Gasteiger partial charge on any atom is 0.230 e.